The second-order valence-corrected chi connectivity index (χ2v) is 23.4. The number of hydrogen-bond donors (Lipinski definition) is 1. The predicted molar refractivity (Wildman–Crippen MR) is 342 cm³/mol. The van der Waals surface area contributed by atoms with Crippen LogP contribution in [0, 0.1) is 11.8 Å². The SMILES string of the molecule is CC(C(C/C=C/c1nc2ccccc2o1)c1ccc2c(c1)OCO2)N(Cc1ccc2ccccc2c1)C(=O)C(O)CCC(=O)[O-].CC(C(C/C=C/c1nc2ccccc2o1)c1ccc2c(c1)OCO2)N(Cc1ccc2ccccc2c1)C(=O)C1COC(=O)C1CC(=O)[O-].[Na+].[Na+]. The molecule has 0 spiro atoms. The third-order valence-corrected chi connectivity index (χ3v) is 17.4. The van der Waals surface area contributed by atoms with Crippen LogP contribution in [0.4, 0.5) is 0 Å². The fourth-order valence-corrected chi connectivity index (χ4v) is 12.4. The average molecular weight is 1300 g/mol. The van der Waals surface area contributed by atoms with Crippen LogP contribution in [0.3, 0.4) is 0 Å². The number of oxazole rings is 2. The molecule has 2 aromatic heterocycles. The largest absolute Gasteiger partial charge is 1.00 e. The molecule has 7 atom stereocenters. The van der Waals surface area contributed by atoms with E-state index in [4.69, 9.17) is 32.5 Å². The van der Waals surface area contributed by atoms with E-state index in [-0.39, 0.29) is 117 Å². The van der Waals surface area contributed by atoms with Crippen LogP contribution in [0.2, 0.25) is 0 Å². The molecule has 21 heteroatoms. The molecule has 0 aliphatic carbocycles. The number of rotatable bonds is 23. The van der Waals surface area contributed by atoms with Gasteiger partial charge < -0.3 is 67.2 Å². The number of benzene rings is 8. The summed E-state index contributed by atoms with van der Waals surface area (Å²) in [4.78, 5) is 76.1. The summed E-state index contributed by atoms with van der Waals surface area (Å²) < 4.78 is 39.5. The second kappa shape index (κ2) is 31.6. The number of carbonyl (C=O) groups is 5. The number of esters is 1. The Balaban J connectivity index is 0.000000203. The van der Waals surface area contributed by atoms with Gasteiger partial charge in [-0.3, -0.25) is 14.4 Å². The molecule has 0 radical (unpaired) electrons. The van der Waals surface area contributed by atoms with E-state index in [0.717, 1.165) is 54.8 Å². The summed E-state index contributed by atoms with van der Waals surface area (Å²) in [5.41, 5.74) is 6.49. The van der Waals surface area contributed by atoms with E-state index >= 15 is 0 Å². The van der Waals surface area contributed by atoms with Gasteiger partial charge in [-0.25, -0.2) is 9.97 Å². The monoisotopic (exact) mass is 1300 g/mol. The van der Waals surface area contributed by atoms with Crippen LogP contribution in [-0.4, -0.2) is 93.0 Å². The van der Waals surface area contributed by atoms with Gasteiger partial charge >= 0.3 is 65.1 Å². The predicted octanol–water partition coefficient (Wildman–Crippen LogP) is 4.46. The van der Waals surface area contributed by atoms with Gasteiger partial charge in [0.2, 0.25) is 31.3 Å². The maximum atomic E-state index is 14.5. The molecular formula is C74H66N4Na2O15. The first-order valence-electron chi connectivity index (χ1n) is 30.8. The molecule has 19 nitrogen and oxygen atoms in total. The van der Waals surface area contributed by atoms with E-state index < -0.39 is 66.7 Å². The number of amides is 2. The van der Waals surface area contributed by atoms with Gasteiger partial charge in [0.05, 0.1) is 11.8 Å². The molecule has 13 rings (SSSR count). The quantitative estimate of drug-likeness (QED) is 0.0685. The Morgan fingerprint density at radius 1 is 0.558 bits per heavy atom. The first-order valence-corrected chi connectivity index (χ1v) is 30.8. The molecule has 7 unspecified atom stereocenters. The minimum Gasteiger partial charge on any atom is -0.550 e. The van der Waals surface area contributed by atoms with Crippen LogP contribution in [0.1, 0.15) is 91.8 Å². The number of ether oxygens (including phenoxy) is 5. The van der Waals surface area contributed by atoms with Crippen LogP contribution in [0.15, 0.2) is 191 Å². The van der Waals surface area contributed by atoms with Gasteiger partial charge in [-0.15, -0.1) is 0 Å². The topological polar surface area (TPSA) is 256 Å². The molecule has 95 heavy (non-hydrogen) atoms. The third kappa shape index (κ3) is 16.5. The third-order valence-electron chi connectivity index (χ3n) is 17.4. The number of para-hydroxylation sites is 4. The van der Waals surface area contributed by atoms with Crippen molar-refractivity contribution in [3.05, 3.63) is 216 Å². The zero-order valence-electron chi connectivity index (χ0n) is 53.0. The number of carboxylic acids is 2. The van der Waals surface area contributed by atoms with E-state index in [1.54, 1.807) is 9.80 Å². The zero-order chi connectivity index (χ0) is 64.5. The number of allylic oxidation sites excluding steroid dienone is 2. The maximum absolute atomic E-state index is 14.5. The number of carbonyl (C=O) groups excluding carboxylic acids is 5. The van der Waals surface area contributed by atoms with Crippen molar-refractivity contribution >= 4 is 85.6 Å². The minimum atomic E-state index is -1.50. The fraction of sp³-hybridized carbons (Fsp3) is 0.257. The molecule has 5 heterocycles. The van der Waals surface area contributed by atoms with Crippen LogP contribution in [0.5, 0.6) is 23.0 Å². The number of aliphatic hydroxyl groups excluding tert-OH is 1. The number of carboxylic acid groups (broad SMARTS) is 2. The summed E-state index contributed by atoms with van der Waals surface area (Å²) >= 11 is 0. The van der Waals surface area contributed by atoms with Gasteiger partial charge in [0.25, 0.3) is 5.91 Å². The van der Waals surface area contributed by atoms with Crippen molar-refractivity contribution in [2.75, 3.05) is 20.2 Å². The molecule has 3 aliphatic rings. The molecule has 1 saturated heterocycles. The molecule has 1 N–H and O–H groups in total. The van der Waals surface area contributed by atoms with Crippen molar-refractivity contribution in [3.63, 3.8) is 0 Å². The van der Waals surface area contributed by atoms with Gasteiger partial charge in [-0.05, 0) is 156 Å². The normalized spacial score (nSPS) is 16.1. The minimum absolute atomic E-state index is 0. The Hall–Kier alpha value is -8.79. The van der Waals surface area contributed by atoms with E-state index in [2.05, 4.69) is 9.97 Å². The van der Waals surface area contributed by atoms with E-state index in [1.165, 1.54) is 0 Å². The number of cyclic esters (lactones) is 1. The van der Waals surface area contributed by atoms with Crippen molar-refractivity contribution in [1.82, 2.24) is 19.8 Å². The Bertz CT molecular complexity index is 4410. The second-order valence-electron chi connectivity index (χ2n) is 23.4. The van der Waals surface area contributed by atoms with Gasteiger partial charge in [-0.2, -0.15) is 0 Å². The van der Waals surface area contributed by atoms with Gasteiger partial charge in [0.1, 0.15) is 23.7 Å². The summed E-state index contributed by atoms with van der Waals surface area (Å²) in [5.74, 6) is -3.50. The molecule has 0 bridgehead atoms. The number of aromatic nitrogens is 2. The summed E-state index contributed by atoms with van der Waals surface area (Å²) in [6, 6.07) is 53.6. The molecule has 474 valence electrons. The molecule has 8 aromatic carbocycles. The number of aliphatic carboxylic acids is 2. The molecule has 10 aromatic rings. The Labute approximate surface area is 591 Å². The van der Waals surface area contributed by atoms with Gasteiger partial charge in [0.15, 0.2) is 34.2 Å². The number of nitrogens with zero attached hydrogens (tertiary/aromatic N) is 4. The average Bonchev–Trinajstić information content (AvgIpc) is 1.81. The molecular weight excluding hydrogens is 1230 g/mol. The molecule has 2 amide bonds. The first-order chi connectivity index (χ1) is 45.2. The van der Waals surface area contributed by atoms with E-state index in [9.17, 15) is 39.3 Å². The van der Waals surface area contributed by atoms with Crippen LogP contribution < -0.4 is 88.3 Å². The van der Waals surface area contributed by atoms with Gasteiger partial charge in [0, 0.05) is 55.4 Å². The van der Waals surface area contributed by atoms with Crippen molar-refractivity contribution in [1.29, 1.82) is 0 Å². The van der Waals surface area contributed by atoms with Crippen molar-refractivity contribution in [2.24, 2.45) is 11.8 Å². The summed E-state index contributed by atoms with van der Waals surface area (Å²) in [5, 5.41) is 37.8. The van der Waals surface area contributed by atoms with E-state index in [0.29, 0.717) is 58.8 Å². The summed E-state index contributed by atoms with van der Waals surface area (Å²) in [7, 11) is 0. The van der Waals surface area contributed by atoms with Crippen molar-refractivity contribution in [2.45, 2.75) is 89.1 Å². The number of aliphatic hydroxyl groups is 1. The first kappa shape index (κ1) is 69.1. The Kier molecular flexibility index (Phi) is 23.0. The van der Waals surface area contributed by atoms with Gasteiger partial charge in [-0.1, -0.05) is 121 Å². The van der Waals surface area contributed by atoms with Crippen molar-refractivity contribution < 1.29 is 131 Å². The Morgan fingerprint density at radius 2 is 1.02 bits per heavy atom. The summed E-state index contributed by atoms with van der Waals surface area (Å²) in [6.07, 6.45) is 5.79. The fourth-order valence-electron chi connectivity index (χ4n) is 12.4. The molecule has 3 aliphatic heterocycles. The molecule has 0 saturated carbocycles. The molecule has 1 fully saturated rings. The smallest absolute Gasteiger partial charge is 0.550 e. The van der Waals surface area contributed by atoms with Crippen molar-refractivity contribution in [3.8, 4) is 23.0 Å². The number of hydrogen-bond acceptors (Lipinski definition) is 17. The van der Waals surface area contributed by atoms with Crippen LogP contribution in [-0.2, 0) is 41.8 Å². The Morgan fingerprint density at radius 3 is 1.52 bits per heavy atom. The summed E-state index contributed by atoms with van der Waals surface area (Å²) in [6.45, 7) is 4.40. The number of fused-ring (bicyclic) bond motifs is 6. The van der Waals surface area contributed by atoms with Crippen LogP contribution in [0.25, 0.3) is 55.9 Å². The van der Waals surface area contributed by atoms with E-state index in [1.807, 2.05) is 208 Å². The standard InChI is InChI=1S/C38H34N2O8.C36H34N2O7.2Na/c1-23(28(27-15-16-33-34(18-27)47-22-46-33)9-6-12-35-39-31-10-4-5-11-32(31)48-35)40(20-24-13-14-25-7-2-3-8-26(25)17-24)37(43)30-21-45-38(44)29(30)19-36(41)42;1-23(38(36(42)30(39)16-18-35(40)41)21-24-13-14-25-7-2-3-8-26(25)19-24)28(27-15-17-32-33(20-27)44-22-43-32)9-6-12-34-37-29-10-4-5-11-31(29)45-34;;/h2-8,10-18,23,28-30H,9,19-22H2,1H3,(H,41,42);2-8,10-15,17,19-20,23,28,30,39H,9,16,18,21-22H2,1H3,(H,40,41);;/q;;2*+1/p-2/b2*12-6+;;. The zero-order valence-corrected chi connectivity index (χ0v) is 57.0. The maximum Gasteiger partial charge on any atom is 1.00 e. The van der Waals surface area contributed by atoms with Crippen LogP contribution >= 0.6 is 0 Å².